The fraction of sp³-hybridized carbons (Fsp3) is 0.280. The van der Waals surface area contributed by atoms with E-state index in [4.69, 9.17) is 10.1 Å². The van der Waals surface area contributed by atoms with Crippen LogP contribution in [0, 0.1) is 5.82 Å². The van der Waals surface area contributed by atoms with Gasteiger partial charge in [-0.25, -0.2) is 14.4 Å². The highest BCUT2D eigenvalue weighted by atomic mass is 19.1. The van der Waals surface area contributed by atoms with Crippen LogP contribution in [0.25, 0.3) is 11.3 Å². The molecule has 1 aliphatic heterocycles. The van der Waals surface area contributed by atoms with E-state index in [1.54, 1.807) is 6.07 Å². The lowest BCUT2D eigenvalue weighted by Gasteiger charge is -2.26. The average Bonchev–Trinajstić information content (AvgIpc) is 3.03. The Morgan fingerprint density at radius 1 is 1.19 bits per heavy atom. The quantitative estimate of drug-likeness (QED) is 0.443. The summed E-state index contributed by atoms with van der Waals surface area (Å²) in [5.74, 6) is 1.58. The SMILES string of the molecule is C=C(Nc1ccc(F)cn1)N1CCCNc2ccc(-c3cccc(CCCCO)c3)nc21. The number of nitrogens with one attached hydrogen (secondary N) is 2. The summed E-state index contributed by atoms with van der Waals surface area (Å²) in [5.41, 5.74) is 4.11. The number of fused-ring (bicyclic) bond motifs is 1. The summed E-state index contributed by atoms with van der Waals surface area (Å²) in [6.45, 7) is 5.99. The maximum atomic E-state index is 13.2. The maximum Gasteiger partial charge on any atom is 0.158 e. The average molecular weight is 434 g/mol. The Bertz CT molecular complexity index is 1070. The van der Waals surface area contributed by atoms with Gasteiger partial charge >= 0.3 is 0 Å². The van der Waals surface area contributed by atoms with Gasteiger partial charge in [0.05, 0.1) is 17.6 Å². The molecule has 0 spiro atoms. The van der Waals surface area contributed by atoms with Crippen LogP contribution in [0.3, 0.4) is 0 Å². The molecule has 0 saturated heterocycles. The van der Waals surface area contributed by atoms with Crippen molar-refractivity contribution in [2.45, 2.75) is 25.7 Å². The number of halogens is 1. The van der Waals surface area contributed by atoms with E-state index >= 15 is 0 Å². The van der Waals surface area contributed by atoms with Gasteiger partial charge in [0, 0.05) is 25.3 Å². The number of pyridine rings is 2. The number of hydrogen-bond donors (Lipinski definition) is 3. The Morgan fingerprint density at radius 2 is 2.09 bits per heavy atom. The normalized spacial score (nSPS) is 13.1. The summed E-state index contributed by atoms with van der Waals surface area (Å²) >= 11 is 0. The molecule has 3 aromatic rings. The van der Waals surface area contributed by atoms with Gasteiger partial charge in [-0.1, -0.05) is 24.8 Å². The lowest BCUT2D eigenvalue weighted by molar-refractivity contribution is 0.284. The fourth-order valence-corrected chi connectivity index (χ4v) is 3.77. The summed E-state index contributed by atoms with van der Waals surface area (Å²) in [4.78, 5) is 11.1. The standard InChI is InChI=1S/C25H28FN5O/c1-18(29-24-12-9-21(26)17-28-24)31-14-5-13-27-23-11-10-22(30-25(23)31)20-8-4-7-19(16-20)6-2-3-15-32/h4,7-12,16-17,27,32H,1-3,5-6,13-15H2,(H,28,29). The molecule has 0 amide bonds. The number of benzene rings is 1. The smallest absolute Gasteiger partial charge is 0.158 e. The van der Waals surface area contributed by atoms with Crippen molar-refractivity contribution in [3.8, 4) is 11.3 Å². The molecule has 3 N–H and O–H groups in total. The van der Waals surface area contributed by atoms with Crippen molar-refractivity contribution >= 4 is 17.3 Å². The van der Waals surface area contributed by atoms with Gasteiger partial charge in [0.15, 0.2) is 5.82 Å². The predicted molar refractivity (Wildman–Crippen MR) is 127 cm³/mol. The number of nitrogens with zero attached hydrogens (tertiary/aromatic N) is 3. The second-order valence-corrected chi connectivity index (χ2v) is 7.81. The molecule has 0 atom stereocenters. The molecule has 4 rings (SSSR count). The first kappa shape index (κ1) is 21.8. The van der Waals surface area contributed by atoms with E-state index in [-0.39, 0.29) is 12.4 Å². The Labute approximate surface area is 187 Å². The molecule has 0 saturated carbocycles. The van der Waals surface area contributed by atoms with Gasteiger partial charge < -0.3 is 20.6 Å². The van der Waals surface area contributed by atoms with Crippen molar-refractivity contribution in [1.29, 1.82) is 0 Å². The minimum absolute atomic E-state index is 0.222. The van der Waals surface area contributed by atoms with E-state index in [0.29, 0.717) is 11.6 Å². The minimum Gasteiger partial charge on any atom is -0.396 e. The van der Waals surface area contributed by atoms with Crippen LogP contribution in [-0.4, -0.2) is 34.8 Å². The van der Waals surface area contributed by atoms with E-state index in [0.717, 1.165) is 61.5 Å². The van der Waals surface area contributed by atoms with Crippen LogP contribution in [0.5, 0.6) is 0 Å². The van der Waals surface area contributed by atoms with Crippen molar-refractivity contribution in [2.75, 3.05) is 35.2 Å². The number of rotatable bonds is 8. The molecule has 1 aliphatic rings. The molecule has 0 fully saturated rings. The summed E-state index contributed by atoms with van der Waals surface area (Å²) in [6, 6.07) is 15.4. The highest BCUT2D eigenvalue weighted by Gasteiger charge is 2.20. The monoisotopic (exact) mass is 433 g/mol. The number of aryl methyl sites for hydroxylation is 1. The fourth-order valence-electron chi connectivity index (χ4n) is 3.77. The Hall–Kier alpha value is -3.45. The molecule has 6 nitrogen and oxygen atoms in total. The number of hydrogen-bond acceptors (Lipinski definition) is 6. The molecule has 7 heteroatoms. The molecular formula is C25H28FN5O. The molecule has 3 heterocycles. The predicted octanol–water partition coefficient (Wildman–Crippen LogP) is 4.80. The van der Waals surface area contributed by atoms with Crippen LogP contribution in [0.2, 0.25) is 0 Å². The third-order valence-corrected chi connectivity index (χ3v) is 5.43. The highest BCUT2D eigenvalue weighted by Crippen LogP contribution is 2.32. The molecule has 0 aliphatic carbocycles. The zero-order chi connectivity index (χ0) is 22.3. The van der Waals surface area contributed by atoms with Gasteiger partial charge in [0.25, 0.3) is 0 Å². The summed E-state index contributed by atoms with van der Waals surface area (Å²) in [5, 5.41) is 15.6. The molecule has 0 bridgehead atoms. The van der Waals surface area contributed by atoms with E-state index in [2.05, 4.69) is 46.5 Å². The third kappa shape index (κ3) is 5.23. The van der Waals surface area contributed by atoms with Crippen LogP contribution in [0.1, 0.15) is 24.8 Å². The van der Waals surface area contributed by atoms with Crippen LogP contribution in [0.15, 0.2) is 67.1 Å². The van der Waals surface area contributed by atoms with Crippen molar-refractivity contribution < 1.29 is 9.50 Å². The highest BCUT2D eigenvalue weighted by molar-refractivity contribution is 5.74. The number of aromatic nitrogens is 2. The minimum atomic E-state index is -0.379. The first-order valence-corrected chi connectivity index (χ1v) is 10.9. The van der Waals surface area contributed by atoms with Gasteiger partial charge in [0.1, 0.15) is 17.5 Å². The van der Waals surface area contributed by atoms with E-state index in [1.165, 1.54) is 17.8 Å². The number of aliphatic hydroxyl groups is 1. The lowest BCUT2D eigenvalue weighted by atomic mass is 10.0. The van der Waals surface area contributed by atoms with Crippen LogP contribution >= 0.6 is 0 Å². The number of unbranched alkanes of at least 4 members (excludes halogenated alkanes) is 1. The topological polar surface area (TPSA) is 73.3 Å². The van der Waals surface area contributed by atoms with Crippen molar-refractivity contribution in [1.82, 2.24) is 9.97 Å². The summed E-state index contributed by atoms with van der Waals surface area (Å²) in [7, 11) is 0. The molecule has 0 radical (unpaired) electrons. The van der Waals surface area contributed by atoms with Crippen LogP contribution in [-0.2, 0) is 6.42 Å². The van der Waals surface area contributed by atoms with Crippen LogP contribution in [0.4, 0.5) is 21.7 Å². The van der Waals surface area contributed by atoms with Gasteiger partial charge in [-0.3, -0.25) is 0 Å². The first-order chi connectivity index (χ1) is 15.6. The molecule has 32 heavy (non-hydrogen) atoms. The van der Waals surface area contributed by atoms with Crippen LogP contribution < -0.4 is 15.5 Å². The first-order valence-electron chi connectivity index (χ1n) is 10.9. The molecule has 2 aromatic heterocycles. The number of aliphatic hydroxyl groups excluding tert-OH is 1. The van der Waals surface area contributed by atoms with Crippen molar-refractivity contribution in [2.24, 2.45) is 0 Å². The summed E-state index contributed by atoms with van der Waals surface area (Å²) < 4.78 is 13.2. The Morgan fingerprint density at radius 3 is 2.91 bits per heavy atom. The zero-order valence-corrected chi connectivity index (χ0v) is 18.0. The second-order valence-electron chi connectivity index (χ2n) is 7.81. The van der Waals surface area contributed by atoms with Crippen molar-refractivity contribution in [3.63, 3.8) is 0 Å². The lowest BCUT2D eigenvalue weighted by Crippen LogP contribution is -2.28. The van der Waals surface area contributed by atoms with E-state index in [9.17, 15) is 4.39 Å². The zero-order valence-electron chi connectivity index (χ0n) is 18.0. The molecule has 166 valence electrons. The maximum absolute atomic E-state index is 13.2. The third-order valence-electron chi connectivity index (χ3n) is 5.43. The Kier molecular flexibility index (Phi) is 6.97. The molecule has 1 aromatic carbocycles. The second kappa shape index (κ2) is 10.2. The van der Waals surface area contributed by atoms with E-state index in [1.807, 2.05) is 17.0 Å². The van der Waals surface area contributed by atoms with Gasteiger partial charge in [-0.05, 0) is 61.6 Å². The molecule has 0 unspecified atom stereocenters. The Balaban J connectivity index is 1.60. The van der Waals surface area contributed by atoms with Gasteiger partial charge in [0.2, 0.25) is 0 Å². The van der Waals surface area contributed by atoms with Crippen molar-refractivity contribution in [3.05, 3.63) is 78.5 Å². The van der Waals surface area contributed by atoms with E-state index < -0.39 is 0 Å². The molecular weight excluding hydrogens is 405 g/mol. The van der Waals surface area contributed by atoms with Gasteiger partial charge in [-0.2, -0.15) is 0 Å². The largest absolute Gasteiger partial charge is 0.396 e. The van der Waals surface area contributed by atoms with Gasteiger partial charge in [-0.15, -0.1) is 0 Å². The number of anilines is 3. The summed E-state index contributed by atoms with van der Waals surface area (Å²) in [6.07, 6.45) is 4.79.